The highest BCUT2D eigenvalue weighted by Gasteiger charge is 2.25. The van der Waals surface area contributed by atoms with Crippen molar-refractivity contribution in [2.45, 2.75) is 70.5 Å². The van der Waals surface area contributed by atoms with E-state index in [2.05, 4.69) is 21.8 Å². The molecule has 0 saturated heterocycles. The number of nitrogens with one attached hydrogen (secondary N) is 1. The molecule has 0 aliphatic heterocycles. The van der Waals surface area contributed by atoms with Crippen LogP contribution in [-0.4, -0.2) is 15.6 Å². The summed E-state index contributed by atoms with van der Waals surface area (Å²) in [6.07, 6.45) is 13.6. The average Bonchev–Trinajstić information content (AvgIpc) is 3.16. The summed E-state index contributed by atoms with van der Waals surface area (Å²) in [4.78, 5) is 4.30. The monoisotopic (exact) mass is 247 g/mol. The second-order valence-electron chi connectivity index (χ2n) is 6.03. The highest BCUT2D eigenvalue weighted by Crippen LogP contribution is 2.35. The molecule has 0 radical (unpaired) electrons. The Morgan fingerprint density at radius 1 is 1.22 bits per heavy atom. The maximum atomic E-state index is 4.30. The Bertz CT molecular complexity index is 373. The summed E-state index contributed by atoms with van der Waals surface area (Å²) >= 11 is 0. The van der Waals surface area contributed by atoms with Gasteiger partial charge in [0.1, 0.15) is 0 Å². The lowest BCUT2D eigenvalue weighted by molar-refractivity contribution is 0.284. The van der Waals surface area contributed by atoms with Crippen molar-refractivity contribution in [3.05, 3.63) is 18.2 Å². The van der Waals surface area contributed by atoms with Crippen LogP contribution in [0.25, 0.3) is 0 Å². The van der Waals surface area contributed by atoms with Crippen LogP contribution < -0.4 is 5.32 Å². The molecule has 0 aromatic carbocycles. The first-order valence-corrected chi connectivity index (χ1v) is 7.61. The molecule has 1 aromatic heterocycles. The molecule has 0 spiro atoms. The Kier molecular flexibility index (Phi) is 3.69. The van der Waals surface area contributed by atoms with Gasteiger partial charge in [-0.15, -0.1) is 0 Å². The van der Waals surface area contributed by atoms with Crippen molar-refractivity contribution in [1.29, 1.82) is 0 Å². The van der Waals surface area contributed by atoms with Crippen molar-refractivity contribution >= 4 is 0 Å². The van der Waals surface area contributed by atoms with E-state index in [1.807, 2.05) is 12.5 Å². The van der Waals surface area contributed by atoms with Crippen LogP contribution in [0.15, 0.2) is 12.5 Å². The molecule has 3 rings (SSSR count). The Labute approximate surface area is 110 Å². The third-order valence-corrected chi connectivity index (χ3v) is 4.68. The van der Waals surface area contributed by atoms with Crippen LogP contribution >= 0.6 is 0 Å². The quantitative estimate of drug-likeness (QED) is 0.865. The van der Waals surface area contributed by atoms with Gasteiger partial charge in [0, 0.05) is 24.8 Å². The largest absolute Gasteiger partial charge is 0.330 e. The molecule has 0 atom stereocenters. The van der Waals surface area contributed by atoms with E-state index in [1.54, 1.807) is 0 Å². The molecule has 100 valence electrons. The molecule has 0 unspecified atom stereocenters. The first-order valence-electron chi connectivity index (χ1n) is 7.61. The molecule has 0 amide bonds. The van der Waals surface area contributed by atoms with Crippen LogP contribution in [0.1, 0.15) is 63.6 Å². The minimum absolute atomic E-state index is 0.732. The van der Waals surface area contributed by atoms with E-state index in [0.717, 1.165) is 24.5 Å². The minimum Gasteiger partial charge on any atom is -0.330 e. The van der Waals surface area contributed by atoms with E-state index < -0.39 is 0 Å². The topological polar surface area (TPSA) is 29.9 Å². The van der Waals surface area contributed by atoms with Gasteiger partial charge in [-0.3, -0.25) is 0 Å². The smallest absolute Gasteiger partial charge is 0.0951 e. The van der Waals surface area contributed by atoms with Crippen LogP contribution in [0, 0.1) is 5.92 Å². The molecule has 2 aliphatic rings. The fourth-order valence-electron chi connectivity index (χ4n) is 3.17. The second-order valence-corrected chi connectivity index (χ2v) is 6.03. The number of hydrogen-bond acceptors (Lipinski definition) is 2. The lowest BCUT2D eigenvalue weighted by atomic mass is 9.84. The van der Waals surface area contributed by atoms with Crippen LogP contribution in [0.3, 0.4) is 0 Å². The van der Waals surface area contributed by atoms with Gasteiger partial charge < -0.3 is 9.88 Å². The number of nitrogens with zero attached hydrogens (tertiary/aromatic N) is 2. The van der Waals surface area contributed by atoms with Gasteiger partial charge >= 0.3 is 0 Å². The Morgan fingerprint density at radius 2 is 2.00 bits per heavy atom. The highest BCUT2D eigenvalue weighted by atomic mass is 15.1. The predicted molar refractivity (Wildman–Crippen MR) is 73.4 cm³/mol. The van der Waals surface area contributed by atoms with Gasteiger partial charge in [-0.05, 0) is 44.4 Å². The molecule has 3 heteroatoms. The Hall–Kier alpha value is -0.830. The van der Waals surface area contributed by atoms with Crippen molar-refractivity contribution < 1.29 is 0 Å². The Morgan fingerprint density at radius 3 is 2.67 bits per heavy atom. The average molecular weight is 247 g/mol. The molecule has 0 bridgehead atoms. The first kappa shape index (κ1) is 12.2. The summed E-state index contributed by atoms with van der Waals surface area (Å²) in [6.45, 7) is 3.32. The van der Waals surface area contributed by atoms with E-state index in [0.29, 0.717) is 0 Å². The van der Waals surface area contributed by atoms with E-state index in [-0.39, 0.29) is 0 Å². The molecular weight excluding hydrogens is 222 g/mol. The van der Waals surface area contributed by atoms with Crippen molar-refractivity contribution in [1.82, 2.24) is 14.9 Å². The predicted octanol–water partition coefficient (Wildman–Crippen LogP) is 3.28. The SMILES string of the molecule is CCC1CCC(NCc2cncn2C2CC2)CC1. The minimum atomic E-state index is 0.732. The normalized spacial score (nSPS) is 28.5. The van der Waals surface area contributed by atoms with Crippen LogP contribution in [-0.2, 0) is 6.54 Å². The fourth-order valence-corrected chi connectivity index (χ4v) is 3.17. The van der Waals surface area contributed by atoms with E-state index in [1.165, 1.54) is 50.6 Å². The molecule has 2 saturated carbocycles. The van der Waals surface area contributed by atoms with Crippen molar-refractivity contribution in [3.8, 4) is 0 Å². The lowest BCUT2D eigenvalue weighted by Gasteiger charge is -2.28. The van der Waals surface area contributed by atoms with Gasteiger partial charge in [-0.25, -0.2) is 4.98 Å². The molecule has 18 heavy (non-hydrogen) atoms. The van der Waals surface area contributed by atoms with Gasteiger partial charge in [0.15, 0.2) is 0 Å². The molecule has 1 aromatic rings. The number of rotatable bonds is 5. The van der Waals surface area contributed by atoms with Gasteiger partial charge in [0.05, 0.1) is 12.0 Å². The standard InChI is InChI=1S/C15H25N3/c1-2-12-3-5-13(6-4-12)17-10-15-9-16-11-18(15)14-7-8-14/h9,11-14,17H,2-8,10H2,1H3. The lowest BCUT2D eigenvalue weighted by Crippen LogP contribution is -2.33. The van der Waals surface area contributed by atoms with Crippen LogP contribution in [0.2, 0.25) is 0 Å². The third-order valence-electron chi connectivity index (χ3n) is 4.68. The van der Waals surface area contributed by atoms with Crippen LogP contribution in [0.4, 0.5) is 0 Å². The zero-order valence-corrected chi connectivity index (χ0v) is 11.4. The van der Waals surface area contributed by atoms with Crippen molar-refractivity contribution in [2.75, 3.05) is 0 Å². The zero-order chi connectivity index (χ0) is 12.4. The Balaban J connectivity index is 1.48. The van der Waals surface area contributed by atoms with E-state index in [9.17, 15) is 0 Å². The molecule has 3 nitrogen and oxygen atoms in total. The zero-order valence-electron chi connectivity index (χ0n) is 11.4. The molecule has 1 N–H and O–H groups in total. The highest BCUT2D eigenvalue weighted by molar-refractivity contribution is 5.03. The third kappa shape index (κ3) is 2.77. The van der Waals surface area contributed by atoms with Crippen molar-refractivity contribution in [2.24, 2.45) is 5.92 Å². The molecular formula is C15H25N3. The summed E-state index contributed by atoms with van der Waals surface area (Å²) in [6, 6.07) is 1.48. The van der Waals surface area contributed by atoms with Gasteiger partial charge in [-0.1, -0.05) is 13.3 Å². The molecule has 2 fully saturated rings. The fraction of sp³-hybridized carbons (Fsp3) is 0.800. The summed E-state index contributed by atoms with van der Waals surface area (Å²) in [5.74, 6) is 0.986. The van der Waals surface area contributed by atoms with Crippen LogP contribution in [0.5, 0.6) is 0 Å². The molecule has 2 aliphatic carbocycles. The summed E-state index contributed by atoms with van der Waals surface area (Å²) in [7, 11) is 0. The van der Waals surface area contributed by atoms with Crippen molar-refractivity contribution in [3.63, 3.8) is 0 Å². The maximum Gasteiger partial charge on any atom is 0.0951 e. The van der Waals surface area contributed by atoms with E-state index >= 15 is 0 Å². The first-order chi connectivity index (χ1) is 8.86. The summed E-state index contributed by atoms with van der Waals surface area (Å²) < 4.78 is 2.37. The molecule has 1 heterocycles. The summed E-state index contributed by atoms with van der Waals surface area (Å²) in [5.41, 5.74) is 1.37. The second kappa shape index (κ2) is 5.43. The van der Waals surface area contributed by atoms with E-state index in [4.69, 9.17) is 0 Å². The van der Waals surface area contributed by atoms with Gasteiger partial charge in [-0.2, -0.15) is 0 Å². The number of aromatic nitrogens is 2. The number of imidazole rings is 1. The van der Waals surface area contributed by atoms with Gasteiger partial charge in [0.2, 0.25) is 0 Å². The summed E-state index contributed by atoms with van der Waals surface area (Å²) in [5, 5.41) is 3.73. The van der Waals surface area contributed by atoms with Gasteiger partial charge in [0.25, 0.3) is 0 Å². The number of hydrogen-bond donors (Lipinski definition) is 1. The maximum absolute atomic E-state index is 4.30.